The highest BCUT2D eigenvalue weighted by Crippen LogP contribution is 2.32. The molecule has 0 saturated carbocycles. The molecule has 0 fully saturated rings. The number of amides is 3. The smallest absolute Gasteiger partial charge is 0.283 e. The van der Waals surface area contributed by atoms with Gasteiger partial charge in [0, 0.05) is 16.1 Å². The van der Waals surface area contributed by atoms with Gasteiger partial charge in [0.1, 0.15) is 10.7 Å². The first kappa shape index (κ1) is 22.7. The van der Waals surface area contributed by atoms with Gasteiger partial charge >= 0.3 is 0 Å². The van der Waals surface area contributed by atoms with Gasteiger partial charge in [-0.2, -0.15) is 0 Å². The number of aryl methyl sites for hydroxylation is 4. The molecule has 4 rings (SSSR count). The van der Waals surface area contributed by atoms with Crippen LogP contribution in [0, 0.1) is 27.7 Å². The summed E-state index contributed by atoms with van der Waals surface area (Å²) in [6.45, 7) is 7.60. The van der Waals surface area contributed by atoms with E-state index in [4.69, 9.17) is 11.6 Å². The lowest BCUT2D eigenvalue weighted by Gasteiger charge is -2.18. The fourth-order valence-electron chi connectivity index (χ4n) is 3.43. The Kier molecular flexibility index (Phi) is 6.05. The van der Waals surface area contributed by atoms with Crippen molar-refractivity contribution in [2.45, 2.75) is 27.7 Å². The topological polar surface area (TPSA) is 91.4 Å². The molecule has 0 aliphatic carbocycles. The number of anilines is 3. The Labute approximate surface area is 200 Å². The van der Waals surface area contributed by atoms with E-state index < -0.39 is 11.8 Å². The summed E-state index contributed by atoms with van der Waals surface area (Å²) < 4.78 is 0. The molecule has 0 saturated heterocycles. The van der Waals surface area contributed by atoms with Crippen molar-refractivity contribution in [1.82, 2.24) is 4.98 Å². The van der Waals surface area contributed by atoms with E-state index in [0.717, 1.165) is 26.6 Å². The Balaban J connectivity index is 1.50. The van der Waals surface area contributed by atoms with Crippen molar-refractivity contribution in [1.29, 1.82) is 0 Å². The van der Waals surface area contributed by atoms with Crippen LogP contribution in [0.4, 0.5) is 16.5 Å². The Hall–Kier alpha value is -3.49. The van der Waals surface area contributed by atoms with Gasteiger partial charge in [-0.3, -0.25) is 19.7 Å². The number of halogens is 1. The average Bonchev–Trinajstić information content (AvgIpc) is 3.19. The standard InChI is InChI=1S/C24H21ClN4O3S/c1-12-5-10-18(13(2)11-12)29-22(31)19(25)20(23(29)32)27-17-8-6-16(7-9-17)21(30)28-24-26-14(3)15(4)33-24/h5-11,27H,1-4H3,(H,26,28,30). The van der Waals surface area contributed by atoms with Gasteiger partial charge in [0.15, 0.2) is 5.13 Å². The molecule has 3 aromatic rings. The molecule has 2 N–H and O–H groups in total. The van der Waals surface area contributed by atoms with E-state index in [2.05, 4.69) is 15.6 Å². The monoisotopic (exact) mass is 480 g/mol. The highest BCUT2D eigenvalue weighted by Gasteiger charge is 2.39. The van der Waals surface area contributed by atoms with Crippen molar-refractivity contribution in [3.05, 3.63) is 80.5 Å². The predicted octanol–water partition coefficient (Wildman–Crippen LogP) is 5.06. The molecule has 0 spiro atoms. The lowest BCUT2D eigenvalue weighted by Crippen LogP contribution is -2.32. The lowest BCUT2D eigenvalue weighted by molar-refractivity contribution is -0.120. The van der Waals surface area contributed by atoms with Crippen LogP contribution in [-0.2, 0) is 9.59 Å². The Bertz CT molecular complexity index is 1310. The van der Waals surface area contributed by atoms with Crippen LogP contribution in [0.25, 0.3) is 0 Å². The molecule has 0 bridgehead atoms. The first-order valence-corrected chi connectivity index (χ1v) is 11.3. The van der Waals surface area contributed by atoms with Crippen LogP contribution in [0.3, 0.4) is 0 Å². The molecule has 1 aliphatic heterocycles. The highest BCUT2D eigenvalue weighted by atomic mass is 35.5. The van der Waals surface area contributed by atoms with Crippen molar-refractivity contribution in [2.75, 3.05) is 15.5 Å². The van der Waals surface area contributed by atoms with Crippen molar-refractivity contribution < 1.29 is 14.4 Å². The summed E-state index contributed by atoms with van der Waals surface area (Å²) in [7, 11) is 0. The molecule has 0 unspecified atom stereocenters. The largest absolute Gasteiger partial charge is 0.350 e. The maximum absolute atomic E-state index is 13.0. The molecule has 7 nitrogen and oxygen atoms in total. The maximum atomic E-state index is 13.0. The summed E-state index contributed by atoms with van der Waals surface area (Å²) in [5.41, 5.74) is 4.13. The zero-order valence-corrected chi connectivity index (χ0v) is 20.0. The summed E-state index contributed by atoms with van der Waals surface area (Å²) >= 11 is 7.64. The van der Waals surface area contributed by atoms with Gasteiger partial charge < -0.3 is 5.32 Å². The molecule has 2 aromatic carbocycles. The molecule has 1 aromatic heterocycles. The normalized spacial score (nSPS) is 13.7. The molecule has 3 amide bonds. The third-order valence-corrected chi connectivity index (χ3v) is 6.62. The van der Waals surface area contributed by atoms with Gasteiger partial charge in [-0.05, 0) is 63.6 Å². The zero-order chi connectivity index (χ0) is 23.9. The zero-order valence-electron chi connectivity index (χ0n) is 18.4. The Morgan fingerprint density at radius 3 is 2.30 bits per heavy atom. The molecule has 33 heavy (non-hydrogen) atoms. The van der Waals surface area contributed by atoms with Gasteiger partial charge in [0.25, 0.3) is 17.7 Å². The number of imide groups is 1. The number of thiazole rings is 1. The Morgan fingerprint density at radius 1 is 1.00 bits per heavy atom. The van der Waals surface area contributed by atoms with E-state index in [-0.39, 0.29) is 16.6 Å². The second-order valence-electron chi connectivity index (χ2n) is 7.74. The van der Waals surface area contributed by atoms with Crippen LogP contribution < -0.4 is 15.5 Å². The summed E-state index contributed by atoms with van der Waals surface area (Å²) in [5, 5.41) is 6.05. The number of hydrogen-bond acceptors (Lipinski definition) is 6. The van der Waals surface area contributed by atoms with Crippen LogP contribution >= 0.6 is 22.9 Å². The van der Waals surface area contributed by atoms with Crippen LogP contribution in [0.2, 0.25) is 0 Å². The minimum absolute atomic E-state index is 0.00687. The average molecular weight is 481 g/mol. The number of aromatic nitrogens is 1. The molecule has 168 valence electrons. The second-order valence-corrected chi connectivity index (χ2v) is 9.32. The SMILES string of the molecule is Cc1ccc(N2C(=O)C(Cl)=C(Nc3ccc(C(=O)Nc4nc(C)c(C)s4)cc3)C2=O)c(C)c1. The first-order valence-electron chi connectivity index (χ1n) is 10.1. The summed E-state index contributed by atoms with van der Waals surface area (Å²) in [4.78, 5) is 44.6. The summed E-state index contributed by atoms with van der Waals surface area (Å²) in [6.07, 6.45) is 0. The number of hydrogen-bond donors (Lipinski definition) is 2. The van der Waals surface area contributed by atoms with E-state index in [9.17, 15) is 14.4 Å². The molecule has 0 atom stereocenters. The number of benzene rings is 2. The van der Waals surface area contributed by atoms with E-state index >= 15 is 0 Å². The second kappa shape index (κ2) is 8.80. The van der Waals surface area contributed by atoms with Gasteiger partial charge in [-0.1, -0.05) is 29.3 Å². The van der Waals surface area contributed by atoms with Gasteiger partial charge in [0.05, 0.1) is 11.4 Å². The highest BCUT2D eigenvalue weighted by molar-refractivity contribution is 7.15. The fourth-order valence-corrected chi connectivity index (χ4v) is 4.45. The van der Waals surface area contributed by atoms with Crippen LogP contribution in [0.1, 0.15) is 32.1 Å². The number of nitrogens with one attached hydrogen (secondary N) is 2. The first-order chi connectivity index (χ1) is 15.7. The lowest BCUT2D eigenvalue weighted by atomic mass is 10.1. The van der Waals surface area contributed by atoms with E-state index in [1.807, 2.05) is 39.8 Å². The van der Waals surface area contributed by atoms with Gasteiger partial charge in [0.2, 0.25) is 0 Å². The van der Waals surface area contributed by atoms with Crippen molar-refractivity contribution >= 4 is 57.2 Å². The van der Waals surface area contributed by atoms with Crippen molar-refractivity contribution in [2.24, 2.45) is 0 Å². The molecule has 1 aliphatic rings. The molecule has 9 heteroatoms. The van der Waals surface area contributed by atoms with Crippen LogP contribution in [0.15, 0.2) is 53.2 Å². The van der Waals surface area contributed by atoms with Crippen LogP contribution in [-0.4, -0.2) is 22.7 Å². The van der Waals surface area contributed by atoms with E-state index in [1.54, 1.807) is 30.3 Å². The van der Waals surface area contributed by atoms with E-state index in [0.29, 0.717) is 22.1 Å². The third-order valence-electron chi connectivity index (χ3n) is 5.29. The van der Waals surface area contributed by atoms with Crippen molar-refractivity contribution in [3.63, 3.8) is 0 Å². The van der Waals surface area contributed by atoms with Gasteiger partial charge in [-0.25, -0.2) is 9.88 Å². The van der Waals surface area contributed by atoms with Gasteiger partial charge in [-0.15, -0.1) is 11.3 Å². The predicted molar refractivity (Wildman–Crippen MR) is 131 cm³/mol. The number of carbonyl (C=O) groups excluding carboxylic acids is 3. The minimum Gasteiger partial charge on any atom is -0.350 e. The number of nitrogens with zero attached hydrogens (tertiary/aromatic N) is 2. The summed E-state index contributed by atoms with van der Waals surface area (Å²) in [5.74, 6) is -1.41. The molecule has 2 heterocycles. The minimum atomic E-state index is -0.582. The van der Waals surface area contributed by atoms with Crippen molar-refractivity contribution in [3.8, 4) is 0 Å². The molecule has 0 radical (unpaired) electrons. The quantitative estimate of drug-likeness (QED) is 0.498. The third kappa shape index (κ3) is 4.40. The molecular weight excluding hydrogens is 460 g/mol. The Morgan fingerprint density at radius 2 is 1.70 bits per heavy atom. The van der Waals surface area contributed by atoms with E-state index in [1.165, 1.54) is 11.3 Å². The molecular formula is C24H21ClN4O3S. The number of carbonyl (C=O) groups is 3. The maximum Gasteiger partial charge on any atom is 0.283 e. The summed E-state index contributed by atoms with van der Waals surface area (Å²) in [6, 6.07) is 12.0. The fraction of sp³-hybridized carbons (Fsp3) is 0.167. The van der Waals surface area contributed by atoms with Crippen LogP contribution in [0.5, 0.6) is 0 Å². The number of rotatable bonds is 5.